The van der Waals surface area contributed by atoms with Gasteiger partial charge in [-0.1, -0.05) is 42.5 Å². The van der Waals surface area contributed by atoms with Gasteiger partial charge in [-0.2, -0.15) is 0 Å². The van der Waals surface area contributed by atoms with Crippen LogP contribution in [0.4, 0.5) is 0 Å². The lowest BCUT2D eigenvalue weighted by molar-refractivity contribution is -0.148. The molecule has 0 fully saturated rings. The summed E-state index contributed by atoms with van der Waals surface area (Å²) in [5.41, 5.74) is 1.97. The molecule has 0 aliphatic heterocycles. The van der Waals surface area contributed by atoms with E-state index in [0.717, 1.165) is 15.1 Å². The van der Waals surface area contributed by atoms with Crippen LogP contribution >= 0.6 is 0 Å². The number of aromatic nitrogens is 1. The van der Waals surface area contributed by atoms with Crippen molar-refractivity contribution >= 4 is 22.1 Å². The number of benzene rings is 2. The molecule has 5 nitrogen and oxygen atoms in total. The van der Waals surface area contributed by atoms with Crippen LogP contribution in [0.15, 0.2) is 84.0 Å². The topological polar surface area (TPSA) is 65.4 Å². The van der Waals surface area contributed by atoms with Crippen molar-refractivity contribution in [1.82, 2.24) is 3.97 Å². The number of rotatable bonds is 5. The van der Waals surface area contributed by atoms with Crippen LogP contribution in [0.3, 0.4) is 0 Å². The number of ether oxygens (including phenoxy) is 1. The van der Waals surface area contributed by atoms with E-state index in [0.29, 0.717) is 5.56 Å². The highest BCUT2D eigenvalue weighted by Crippen LogP contribution is 2.22. The first kappa shape index (κ1) is 20.6. The molecule has 1 heterocycles. The maximum absolute atomic E-state index is 12.9. The molecule has 0 aliphatic carbocycles. The predicted molar refractivity (Wildman–Crippen MR) is 114 cm³/mol. The van der Waals surface area contributed by atoms with E-state index in [2.05, 4.69) is 0 Å². The zero-order valence-corrected chi connectivity index (χ0v) is 17.4. The molecule has 1 aromatic heterocycles. The zero-order chi connectivity index (χ0) is 21.1. The Balaban J connectivity index is 1.78. The first-order chi connectivity index (χ1) is 13.6. The van der Waals surface area contributed by atoms with Gasteiger partial charge < -0.3 is 4.74 Å². The number of hydrogen-bond acceptors (Lipinski definition) is 4. The summed E-state index contributed by atoms with van der Waals surface area (Å²) in [5, 5.41) is 0. The molecular formula is C23H23NO4S. The van der Waals surface area contributed by atoms with E-state index in [1.54, 1.807) is 51.1 Å². The first-order valence-electron chi connectivity index (χ1n) is 9.15. The van der Waals surface area contributed by atoms with Gasteiger partial charge >= 0.3 is 5.97 Å². The van der Waals surface area contributed by atoms with E-state index in [4.69, 9.17) is 4.74 Å². The van der Waals surface area contributed by atoms with Gasteiger partial charge in [-0.3, -0.25) is 0 Å². The molecule has 0 unspecified atom stereocenters. The highest BCUT2D eigenvalue weighted by molar-refractivity contribution is 7.90. The van der Waals surface area contributed by atoms with E-state index in [9.17, 15) is 13.2 Å². The fourth-order valence-corrected chi connectivity index (χ4v) is 3.92. The van der Waals surface area contributed by atoms with Crippen molar-refractivity contribution in [3.8, 4) is 11.1 Å². The average molecular weight is 410 g/mol. The molecule has 0 saturated carbocycles. The van der Waals surface area contributed by atoms with Gasteiger partial charge in [0, 0.05) is 18.5 Å². The SMILES string of the molecule is CC(C)(C)OC(=O)/C=C/c1ccn(S(=O)(=O)c2ccc(-c3ccccc3)cc2)c1. The highest BCUT2D eigenvalue weighted by atomic mass is 32.2. The number of carbonyl (C=O) groups is 1. The Morgan fingerprint density at radius 3 is 2.17 bits per heavy atom. The van der Waals surface area contributed by atoms with Crippen molar-refractivity contribution in [1.29, 1.82) is 0 Å². The van der Waals surface area contributed by atoms with Crippen molar-refractivity contribution in [3.05, 3.63) is 84.7 Å². The fourth-order valence-electron chi connectivity index (χ4n) is 2.71. The van der Waals surface area contributed by atoms with E-state index >= 15 is 0 Å². The summed E-state index contributed by atoms with van der Waals surface area (Å²) < 4.78 is 32.1. The Labute approximate surface area is 171 Å². The van der Waals surface area contributed by atoms with Crippen LogP contribution in [0.2, 0.25) is 0 Å². The quantitative estimate of drug-likeness (QED) is 0.451. The van der Waals surface area contributed by atoms with E-state index in [1.165, 1.54) is 24.5 Å². The molecule has 0 atom stereocenters. The second-order valence-corrected chi connectivity index (χ2v) is 9.38. The Morgan fingerprint density at radius 1 is 0.931 bits per heavy atom. The van der Waals surface area contributed by atoms with Gasteiger partial charge in [-0.25, -0.2) is 17.2 Å². The molecule has 150 valence electrons. The minimum absolute atomic E-state index is 0.190. The van der Waals surface area contributed by atoms with Crippen LogP contribution in [0.1, 0.15) is 26.3 Å². The zero-order valence-electron chi connectivity index (χ0n) is 16.6. The molecule has 2 aromatic carbocycles. The van der Waals surface area contributed by atoms with Crippen LogP contribution in [0.5, 0.6) is 0 Å². The number of esters is 1. The molecule has 0 amide bonds. The molecule has 0 aliphatic rings. The van der Waals surface area contributed by atoms with Gasteiger partial charge in [-0.15, -0.1) is 0 Å². The summed E-state index contributed by atoms with van der Waals surface area (Å²) in [7, 11) is -3.72. The Morgan fingerprint density at radius 2 is 1.55 bits per heavy atom. The average Bonchev–Trinajstić information content (AvgIpc) is 3.16. The van der Waals surface area contributed by atoms with Crippen molar-refractivity contribution in [2.75, 3.05) is 0 Å². The molecule has 6 heteroatoms. The minimum Gasteiger partial charge on any atom is -0.457 e. The van der Waals surface area contributed by atoms with Crippen molar-refractivity contribution in [2.24, 2.45) is 0 Å². The van der Waals surface area contributed by atoms with E-state index in [1.807, 2.05) is 30.3 Å². The second kappa shape index (κ2) is 8.09. The number of hydrogen-bond donors (Lipinski definition) is 0. The molecule has 0 saturated heterocycles. The molecule has 0 N–H and O–H groups in total. The van der Waals surface area contributed by atoms with E-state index < -0.39 is 21.6 Å². The normalized spacial score (nSPS) is 12.2. The lowest BCUT2D eigenvalue weighted by Crippen LogP contribution is -2.22. The third kappa shape index (κ3) is 5.23. The number of carbonyl (C=O) groups excluding carboxylic acids is 1. The van der Waals surface area contributed by atoms with Crippen LogP contribution in [-0.4, -0.2) is 24.0 Å². The fraction of sp³-hybridized carbons (Fsp3) is 0.174. The third-order valence-corrected chi connectivity index (χ3v) is 5.70. The highest BCUT2D eigenvalue weighted by Gasteiger charge is 2.17. The van der Waals surface area contributed by atoms with Gasteiger partial charge in [0.15, 0.2) is 0 Å². The lowest BCUT2D eigenvalue weighted by Gasteiger charge is -2.17. The predicted octanol–water partition coefficient (Wildman–Crippen LogP) is 4.75. The first-order valence-corrected chi connectivity index (χ1v) is 10.6. The molecule has 0 radical (unpaired) electrons. The molecule has 0 bridgehead atoms. The van der Waals surface area contributed by atoms with Gasteiger partial charge in [0.1, 0.15) is 5.60 Å². The summed E-state index contributed by atoms with van der Waals surface area (Å²) in [6, 6.07) is 18.1. The van der Waals surface area contributed by atoms with Crippen LogP contribution < -0.4 is 0 Å². The Bertz CT molecular complexity index is 1120. The molecular weight excluding hydrogens is 386 g/mol. The third-order valence-electron chi connectivity index (χ3n) is 4.05. The summed E-state index contributed by atoms with van der Waals surface area (Å²) in [6.07, 6.45) is 5.72. The van der Waals surface area contributed by atoms with Crippen LogP contribution in [-0.2, 0) is 19.6 Å². The number of nitrogens with zero attached hydrogens (tertiary/aromatic N) is 1. The lowest BCUT2D eigenvalue weighted by atomic mass is 10.1. The standard InChI is InChI=1S/C23H23NO4S/c1-23(2,3)28-22(25)14-9-18-15-16-24(17-18)29(26,27)21-12-10-20(11-13-21)19-7-5-4-6-8-19/h4-17H,1-3H3/b14-9+. The van der Waals surface area contributed by atoms with E-state index in [-0.39, 0.29) is 4.90 Å². The molecule has 3 aromatic rings. The van der Waals surface area contributed by atoms with Crippen LogP contribution in [0.25, 0.3) is 17.2 Å². The summed E-state index contributed by atoms with van der Waals surface area (Å²) >= 11 is 0. The molecule has 3 rings (SSSR count). The largest absolute Gasteiger partial charge is 0.457 e. The molecule has 29 heavy (non-hydrogen) atoms. The van der Waals surface area contributed by atoms with Gasteiger partial charge in [0.25, 0.3) is 10.0 Å². The maximum atomic E-state index is 12.9. The summed E-state index contributed by atoms with van der Waals surface area (Å²) in [6.45, 7) is 5.35. The summed E-state index contributed by atoms with van der Waals surface area (Å²) in [4.78, 5) is 12.0. The second-order valence-electron chi connectivity index (χ2n) is 7.54. The van der Waals surface area contributed by atoms with Gasteiger partial charge in [-0.05, 0) is 61.7 Å². The van der Waals surface area contributed by atoms with Crippen molar-refractivity contribution in [2.45, 2.75) is 31.3 Å². The van der Waals surface area contributed by atoms with Crippen LogP contribution in [0, 0.1) is 0 Å². The summed E-state index contributed by atoms with van der Waals surface area (Å²) in [5.74, 6) is -0.482. The van der Waals surface area contributed by atoms with Gasteiger partial charge in [0.05, 0.1) is 4.90 Å². The Kier molecular flexibility index (Phi) is 5.75. The van der Waals surface area contributed by atoms with Crippen molar-refractivity contribution in [3.63, 3.8) is 0 Å². The maximum Gasteiger partial charge on any atom is 0.331 e. The molecule has 0 spiro atoms. The smallest absolute Gasteiger partial charge is 0.331 e. The monoisotopic (exact) mass is 409 g/mol. The minimum atomic E-state index is -3.72. The van der Waals surface area contributed by atoms with Crippen molar-refractivity contribution < 1.29 is 17.9 Å². The van der Waals surface area contributed by atoms with Gasteiger partial charge in [0.2, 0.25) is 0 Å². The Hall–Kier alpha value is -3.12.